The second kappa shape index (κ2) is 3.92. The molecule has 0 heterocycles. The van der Waals surface area contributed by atoms with Gasteiger partial charge in [-0.05, 0) is 25.2 Å². The van der Waals surface area contributed by atoms with Crippen LogP contribution in [0.4, 0.5) is 8.78 Å². The zero-order valence-electron chi connectivity index (χ0n) is 8.14. The Morgan fingerprint density at radius 2 is 2.07 bits per heavy atom. The summed E-state index contributed by atoms with van der Waals surface area (Å²) in [5, 5.41) is 12.1. The van der Waals surface area contributed by atoms with Crippen molar-refractivity contribution in [2.75, 3.05) is 7.05 Å². The first-order chi connectivity index (χ1) is 6.45. The van der Waals surface area contributed by atoms with Gasteiger partial charge in [-0.3, -0.25) is 0 Å². The van der Waals surface area contributed by atoms with E-state index >= 15 is 0 Å². The Morgan fingerprint density at radius 1 is 1.43 bits per heavy atom. The first kappa shape index (κ1) is 10.9. The maximum atomic E-state index is 12.9. The van der Waals surface area contributed by atoms with E-state index < -0.39 is 5.92 Å². The zero-order valence-corrected chi connectivity index (χ0v) is 8.14. The number of hydrogen-bond acceptors (Lipinski definition) is 2. The SMILES string of the molecule is CNCc1cc(C(C)(F)F)ccc1O. The minimum atomic E-state index is -2.86. The van der Waals surface area contributed by atoms with Crippen LogP contribution in [0.2, 0.25) is 0 Å². The summed E-state index contributed by atoms with van der Waals surface area (Å²) in [6.45, 7) is 1.21. The predicted octanol–water partition coefficient (Wildman–Crippen LogP) is 2.22. The monoisotopic (exact) mass is 201 g/mol. The van der Waals surface area contributed by atoms with E-state index in [4.69, 9.17) is 0 Å². The molecule has 0 radical (unpaired) electrons. The molecule has 0 amide bonds. The molecule has 0 aliphatic heterocycles. The Hall–Kier alpha value is -1.16. The van der Waals surface area contributed by atoms with Crippen LogP contribution in [0.15, 0.2) is 18.2 Å². The van der Waals surface area contributed by atoms with Crippen molar-refractivity contribution < 1.29 is 13.9 Å². The number of rotatable bonds is 3. The molecular weight excluding hydrogens is 188 g/mol. The van der Waals surface area contributed by atoms with Crippen molar-refractivity contribution in [3.8, 4) is 5.75 Å². The summed E-state index contributed by atoms with van der Waals surface area (Å²) in [6.07, 6.45) is 0. The standard InChI is InChI=1S/C10H13F2NO/c1-10(11,12)8-3-4-9(14)7(5-8)6-13-2/h3-5,13-14H,6H2,1-2H3. The van der Waals surface area contributed by atoms with E-state index in [0.717, 1.165) is 6.92 Å². The molecule has 0 bridgehead atoms. The molecule has 2 N–H and O–H groups in total. The highest BCUT2D eigenvalue weighted by atomic mass is 19.3. The predicted molar refractivity (Wildman–Crippen MR) is 50.4 cm³/mol. The van der Waals surface area contributed by atoms with Crippen LogP contribution in [0, 0.1) is 0 Å². The molecule has 0 aliphatic rings. The third kappa shape index (κ3) is 2.42. The van der Waals surface area contributed by atoms with Crippen molar-refractivity contribution in [1.82, 2.24) is 5.32 Å². The lowest BCUT2D eigenvalue weighted by Crippen LogP contribution is -2.10. The van der Waals surface area contributed by atoms with Crippen molar-refractivity contribution in [2.24, 2.45) is 0 Å². The Kier molecular flexibility index (Phi) is 3.06. The summed E-state index contributed by atoms with van der Waals surface area (Å²) < 4.78 is 25.8. The topological polar surface area (TPSA) is 32.3 Å². The van der Waals surface area contributed by atoms with E-state index in [-0.39, 0.29) is 11.3 Å². The van der Waals surface area contributed by atoms with Crippen molar-refractivity contribution in [3.63, 3.8) is 0 Å². The second-order valence-electron chi connectivity index (χ2n) is 3.26. The number of benzene rings is 1. The van der Waals surface area contributed by atoms with Gasteiger partial charge in [0.1, 0.15) is 5.75 Å². The minimum absolute atomic E-state index is 0.0346. The fourth-order valence-corrected chi connectivity index (χ4v) is 1.19. The first-order valence-corrected chi connectivity index (χ1v) is 4.30. The maximum absolute atomic E-state index is 12.9. The number of alkyl halides is 2. The molecule has 0 aromatic heterocycles. The molecule has 1 aromatic carbocycles. The average molecular weight is 201 g/mol. The number of hydrogen-bond donors (Lipinski definition) is 2. The smallest absolute Gasteiger partial charge is 0.270 e. The molecule has 0 spiro atoms. The van der Waals surface area contributed by atoms with Gasteiger partial charge in [0.15, 0.2) is 0 Å². The number of phenolic OH excluding ortho intramolecular Hbond substituents is 1. The number of halogens is 2. The summed E-state index contributed by atoms with van der Waals surface area (Å²) in [4.78, 5) is 0. The molecule has 0 saturated carbocycles. The molecular formula is C10H13F2NO. The van der Waals surface area contributed by atoms with Gasteiger partial charge < -0.3 is 10.4 Å². The van der Waals surface area contributed by atoms with Crippen molar-refractivity contribution >= 4 is 0 Å². The van der Waals surface area contributed by atoms with E-state index in [1.807, 2.05) is 0 Å². The Bertz CT molecular complexity index is 320. The van der Waals surface area contributed by atoms with Gasteiger partial charge in [-0.2, -0.15) is 0 Å². The van der Waals surface area contributed by atoms with Gasteiger partial charge in [-0.15, -0.1) is 0 Å². The summed E-state index contributed by atoms with van der Waals surface area (Å²) in [7, 11) is 1.69. The van der Waals surface area contributed by atoms with Crippen LogP contribution in [0.25, 0.3) is 0 Å². The van der Waals surface area contributed by atoms with Gasteiger partial charge in [0, 0.05) is 24.6 Å². The van der Waals surface area contributed by atoms with Crippen molar-refractivity contribution in [1.29, 1.82) is 0 Å². The lowest BCUT2D eigenvalue weighted by molar-refractivity contribution is 0.0173. The zero-order chi connectivity index (χ0) is 10.8. The third-order valence-electron chi connectivity index (χ3n) is 1.95. The molecule has 1 aromatic rings. The van der Waals surface area contributed by atoms with Crippen LogP contribution in [-0.4, -0.2) is 12.2 Å². The first-order valence-electron chi connectivity index (χ1n) is 4.30. The van der Waals surface area contributed by atoms with Crippen LogP contribution >= 0.6 is 0 Å². The van der Waals surface area contributed by atoms with Crippen LogP contribution in [0.1, 0.15) is 18.1 Å². The van der Waals surface area contributed by atoms with Crippen molar-refractivity contribution in [2.45, 2.75) is 19.4 Å². The summed E-state index contributed by atoms with van der Waals surface area (Å²) >= 11 is 0. The van der Waals surface area contributed by atoms with E-state index in [1.165, 1.54) is 18.2 Å². The fraction of sp³-hybridized carbons (Fsp3) is 0.400. The molecule has 0 saturated heterocycles. The summed E-state index contributed by atoms with van der Waals surface area (Å²) in [6, 6.07) is 3.83. The lowest BCUT2D eigenvalue weighted by atomic mass is 10.1. The third-order valence-corrected chi connectivity index (χ3v) is 1.95. The largest absolute Gasteiger partial charge is 0.508 e. The molecule has 1 rings (SSSR count). The Balaban J connectivity index is 3.06. The van der Waals surface area contributed by atoms with Gasteiger partial charge >= 0.3 is 0 Å². The number of aromatic hydroxyl groups is 1. The highest BCUT2D eigenvalue weighted by Crippen LogP contribution is 2.30. The van der Waals surface area contributed by atoms with Crippen LogP contribution in [0.3, 0.4) is 0 Å². The van der Waals surface area contributed by atoms with Gasteiger partial charge in [-0.1, -0.05) is 0 Å². The van der Waals surface area contributed by atoms with E-state index in [0.29, 0.717) is 12.1 Å². The number of phenols is 1. The van der Waals surface area contributed by atoms with Gasteiger partial charge in [-0.25, -0.2) is 8.78 Å². The van der Waals surface area contributed by atoms with Gasteiger partial charge in [0.05, 0.1) is 0 Å². The van der Waals surface area contributed by atoms with E-state index in [1.54, 1.807) is 7.05 Å². The minimum Gasteiger partial charge on any atom is -0.508 e. The molecule has 78 valence electrons. The quantitative estimate of drug-likeness (QED) is 0.785. The fourth-order valence-electron chi connectivity index (χ4n) is 1.19. The van der Waals surface area contributed by atoms with Crippen LogP contribution in [0.5, 0.6) is 5.75 Å². The average Bonchev–Trinajstić information content (AvgIpc) is 2.07. The van der Waals surface area contributed by atoms with E-state index in [9.17, 15) is 13.9 Å². The highest BCUT2D eigenvalue weighted by molar-refractivity contribution is 5.37. The molecule has 0 aliphatic carbocycles. The second-order valence-corrected chi connectivity index (χ2v) is 3.26. The Morgan fingerprint density at radius 3 is 2.57 bits per heavy atom. The van der Waals surface area contributed by atoms with Crippen LogP contribution < -0.4 is 5.32 Å². The molecule has 4 heteroatoms. The number of nitrogens with one attached hydrogen (secondary N) is 1. The maximum Gasteiger partial charge on any atom is 0.270 e. The normalized spacial score (nSPS) is 11.7. The summed E-state index contributed by atoms with van der Waals surface area (Å²) in [5.41, 5.74) is 0.395. The molecule has 2 nitrogen and oxygen atoms in total. The van der Waals surface area contributed by atoms with Crippen molar-refractivity contribution in [3.05, 3.63) is 29.3 Å². The molecule has 0 unspecified atom stereocenters. The van der Waals surface area contributed by atoms with Gasteiger partial charge in [0.25, 0.3) is 5.92 Å². The Labute approximate surface area is 81.6 Å². The molecule has 0 atom stereocenters. The van der Waals surface area contributed by atoms with Crippen LogP contribution in [-0.2, 0) is 12.5 Å². The van der Waals surface area contributed by atoms with E-state index in [2.05, 4.69) is 5.32 Å². The lowest BCUT2D eigenvalue weighted by Gasteiger charge is -2.12. The molecule has 0 fully saturated rings. The molecule has 14 heavy (non-hydrogen) atoms. The van der Waals surface area contributed by atoms with Gasteiger partial charge in [0.2, 0.25) is 0 Å². The highest BCUT2D eigenvalue weighted by Gasteiger charge is 2.24. The summed E-state index contributed by atoms with van der Waals surface area (Å²) in [5.74, 6) is -2.83.